The molecule has 0 saturated heterocycles. The van der Waals surface area contributed by atoms with Crippen molar-refractivity contribution in [1.82, 2.24) is 15.2 Å². The number of fused-ring (bicyclic) bond motifs is 3. The van der Waals surface area contributed by atoms with Gasteiger partial charge >= 0.3 is 18.4 Å². The van der Waals surface area contributed by atoms with Crippen molar-refractivity contribution >= 4 is 40.4 Å². The van der Waals surface area contributed by atoms with Gasteiger partial charge < -0.3 is 44.2 Å². The van der Waals surface area contributed by atoms with Crippen molar-refractivity contribution in [3.05, 3.63) is 54.2 Å². The summed E-state index contributed by atoms with van der Waals surface area (Å²) in [5.74, 6) is 5.75. The number of alkyl carbamates (subject to hydrolysis) is 1. The van der Waals surface area contributed by atoms with Crippen LogP contribution in [0.1, 0.15) is 53.7 Å². The van der Waals surface area contributed by atoms with E-state index in [0.29, 0.717) is 22.5 Å². The number of hydrogen-bond donors (Lipinski definition) is 3. The molecule has 16 heteroatoms. The average molecular weight is 774 g/mol. The number of benzene rings is 2. The molecule has 1 atom stereocenters. The van der Waals surface area contributed by atoms with Crippen LogP contribution in [0.2, 0.25) is 0 Å². The van der Waals surface area contributed by atoms with E-state index in [0.717, 1.165) is 4.57 Å². The molecule has 55 heavy (non-hydrogen) atoms. The summed E-state index contributed by atoms with van der Waals surface area (Å²) in [5.41, 5.74) is -0.561. The number of halogens is 3. The first-order valence-corrected chi connectivity index (χ1v) is 18.0. The molecule has 0 fully saturated rings. The maximum atomic E-state index is 14.0. The Morgan fingerprint density at radius 2 is 1.62 bits per heavy atom. The summed E-state index contributed by atoms with van der Waals surface area (Å²) < 4.78 is 71.1. The van der Waals surface area contributed by atoms with E-state index in [1.54, 1.807) is 77.9 Å². The number of ether oxygens (including phenoxy) is 5. The number of anilines is 2. The molecule has 4 bridgehead atoms. The second-order valence-corrected chi connectivity index (χ2v) is 14.6. The predicted octanol–water partition coefficient (Wildman–Crippen LogP) is 6.23. The molecule has 1 aromatic heterocycles. The third-order valence-corrected chi connectivity index (χ3v) is 7.64. The van der Waals surface area contributed by atoms with Crippen molar-refractivity contribution in [2.75, 3.05) is 62.9 Å². The second-order valence-electron chi connectivity index (χ2n) is 14.6. The van der Waals surface area contributed by atoms with Crippen LogP contribution >= 0.6 is 0 Å². The van der Waals surface area contributed by atoms with Crippen LogP contribution < -0.4 is 25.6 Å². The molecular weight excluding hydrogens is 723 g/mol. The van der Waals surface area contributed by atoms with Gasteiger partial charge in [0.05, 0.1) is 49.9 Å². The number of aromatic nitrogens is 1. The van der Waals surface area contributed by atoms with Gasteiger partial charge in [-0.15, -0.1) is 0 Å². The number of carbonyl (C=O) groups is 3. The molecular formula is C39H50F3N5O8. The number of rotatable bonds is 4. The second kappa shape index (κ2) is 18.9. The first kappa shape index (κ1) is 42.6. The van der Waals surface area contributed by atoms with Gasteiger partial charge in [-0.1, -0.05) is 18.1 Å². The number of nitrogens with zero attached hydrogens (tertiary/aromatic N) is 2. The molecule has 1 aliphatic heterocycles. The lowest BCUT2D eigenvalue weighted by Crippen LogP contribution is -2.43. The van der Waals surface area contributed by atoms with E-state index in [1.807, 2.05) is 0 Å². The average Bonchev–Trinajstić information content (AvgIpc) is 3.41. The Labute approximate surface area is 319 Å². The summed E-state index contributed by atoms with van der Waals surface area (Å²) in [4.78, 5) is 40.5. The topological polar surface area (TPSA) is 142 Å². The summed E-state index contributed by atoms with van der Waals surface area (Å²) in [6.07, 6.45) is -5.86. The molecule has 0 aliphatic carbocycles. The summed E-state index contributed by atoms with van der Waals surface area (Å²) in [5, 5.41) is 9.00. The fraction of sp³-hybridized carbons (Fsp3) is 0.513. The molecule has 1 aliphatic rings. The molecule has 2 heterocycles. The predicted molar refractivity (Wildman–Crippen MR) is 201 cm³/mol. The van der Waals surface area contributed by atoms with Crippen molar-refractivity contribution in [1.29, 1.82) is 0 Å². The quantitative estimate of drug-likeness (QED) is 0.263. The van der Waals surface area contributed by atoms with Crippen LogP contribution in [0.3, 0.4) is 0 Å². The van der Waals surface area contributed by atoms with Crippen LogP contribution in [-0.2, 0) is 30.3 Å². The fourth-order valence-corrected chi connectivity index (χ4v) is 5.39. The number of amides is 3. The minimum absolute atomic E-state index is 0.0296. The smallest absolute Gasteiger partial charge is 0.415 e. The van der Waals surface area contributed by atoms with E-state index in [-0.39, 0.29) is 70.3 Å². The number of hydrogen-bond acceptors (Lipinski definition) is 9. The van der Waals surface area contributed by atoms with E-state index in [4.69, 9.17) is 23.7 Å². The maximum absolute atomic E-state index is 14.0. The zero-order valence-electron chi connectivity index (χ0n) is 32.1. The first-order chi connectivity index (χ1) is 25.9. The van der Waals surface area contributed by atoms with Gasteiger partial charge in [0.25, 0.3) is 0 Å². The Kier molecular flexibility index (Phi) is 14.7. The molecule has 0 saturated carbocycles. The molecule has 3 amide bonds. The summed E-state index contributed by atoms with van der Waals surface area (Å²) >= 11 is 0. The first-order valence-electron chi connectivity index (χ1n) is 18.0. The molecule has 0 unspecified atom stereocenters. The van der Waals surface area contributed by atoms with Crippen molar-refractivity contribution in [3.8, 4) is 17.6 Å². The van der Waals surface area contributed by atoms with Crippen LogP contribution in [0.4, 0.5) is 34.1 Å². The third kappa shape index (κ3) is 14.2. The maximum Gasteiger partial charge on any atom is 0.415 e. The van der Waals surface area contributed by atoms with Crippen LogP contribution in [0.25, 0.3) is 10.9 Å². The molecule has 300 valence electrons. The summed E-state index contributed by atoms with van der Waals surface area (Å²) in [6.45, 7) is 10.2. The lowest BCUT2D eigenvalue weighted by molar-refractivity contribution is -0.140. The Bertz CT molecular complexity index is 1840. The number of carbonyl (C=O) groups excluding carboxylic acids is 3. The third-order valence-electron chi connectivity index (χ3n) is 7.64. The highest BCUT2D eigenvalue weighted by Crippen LogP contribution is 2.31. The molecule has 0 radical (unpaired) electrons. The highest BCUT2D eigenvalue weighted by molar-refractivity contribution is 5.96. The zero-order chi connectivity index (χ0) is 40.2. The van der Waals surface area contributed by atoms with Crippen LogP contribution in [0.15, 0.2) is 48.5 Å². The molecule has 3 N–H and O–H groups in total. The van der Waals surface area contributed by atoms with Gasteiger partial charge in [0.2, 0.25) is 5.91 Å². The van der Waals surface area contributed by atoms with Gasteiger partial charge in [0, 0.05) is 30.2 Å². The van der Waals surface area contributed by atoms with Crippen LogP contribution in [0.5, 0.6) is 5.75 Å². The Morgan fingerprint density at radius 1 is 0.927 bits per heavy atom. The molecule has 13 nitrogen and oxygen atoms in total. The standard InChI is InChI=1S/C39H50F3N5O8/c1-37(2,3)54-35(49)44-16-15-32-34(48)43-17-19-51-20-21-52-22-23-53-29-12-7-10-27(24-29)46(36(50)55-38(4,5)6)18-9-11-28-25-30-31(45-32)13-8-14-33(30)47(28)26-39(40,41)42/h7-8,10,12-14,24-25,32,45H,15-23,26H2,1-6H3,(H,43,48)(H,44,49)/t32-/m0/s1. The van der Waals surface area contributed by atoms with Crippen molar-refractivity contribution < 1.29 is 51.2 Å². The van der Waals surface area contributed by atoms with Crippen LogP contribution in [-0.4, -0.2) is 98.7 Å². The molecule has 0 spiro atoms. The Morgan fingerprint density at radius 3 is 2.33 bits per heavy atom. The SMILES string of the molecule is CC(C)(C)OC(=O)NCC[C@@H]1Nc2cccc3c2cc(n3CC(F)(F)F)C#CCN(C(=O)OC(C)(C)C)c2cccc(c2)OCCOCCOCCNC1=O. The molecule has 4 rings (SSSR count). The van der Waals surface area contributed by atoms with E-state index < -0.39 is 48.1 Å². The van der Waals surface area contributed by atoms with Gasteiger partial charge in [-0.05, 0) is 84.2 Å². The highest BCUT2D eigenvalue weighted by Gasteiger charge is 2.30. The van der Waals surface area contributed by atoms with E-state index >= 15 is 0 Å². The van der Waals surface area contributed by atoms with Gasteiger partial charge in [0.1, 0.15) is 36.1 Å². The van der Waals surface area contributed by atoms with Gasteiger partial charge in [-0.3, -0.25) is 9.69 Å². The number of alkyl halides is 3. The summed E-state index contributed by atoms with van der Waals surface area (Å²) in [7, 11) is 0. The summed E-state index contributed by atoms with van der Waals surface area (Å²) in [6, 6.07) is 12.1. The van der Waals surface area contributed by atoms with Crippen LogP contribution in [0, 0.1) is 11.8 Å². The van der Waals surface area contributed by atoms with Crippen molar-refractivity contribution in [2.24, 2.45) is 0 Å². The van der Waals surface area contributed by atoms with E-state index in [9.17, 15) is 27.6 Å². The highest BCUT2D eigenvalue weighted by atomic mass is 19.4. The minimum Gasteiger partial charge on any atom is -0.491 e. The molecule has 2 aromatic carbocycles. The molecule has 3 aromatic rings. The van der Waals surface area contributed by atoms with E-state index in [1.165, 1.54) is 17.0 Å². The minimum atomic E-state index is -4.60. The Hall–Kier alpha value is -5.14. The van der Waals surface area contributed by atoms with Gasteiger partial charge in [0.15, 0.2) is 0 Å². The lowest BCUT2D eigenvalue weighted by Gasteiger charge is -2.26. The number of nitrogens with one attached hydrogen (secondary N) is 3. The van der Waals surface area contributed by atoms with E-state index in [2.05, 4.69) is 27.8 Å². The van der Waals surface area contributed by atoms with Gasteiger partial charge in [-0.2, -0.15) is 13.2 Å². The van der Waals surface area contributed by atoms with Gasteiger partial charge in [-0.25, -0.2) is 9.59 Å². The zero-order valence-corrected chi connectivity index (χ0v) is 32.1. The lowest BCUT2D eigenvalue weighted by atomic mass is 10.1. The van der Waals surface area contributed by atoms with Crippen molar-refractivity contribution in [2.45, 2.75) is 77.9 Å². The normalized spacial score (nSPS) is 16.8. The largest absolute Gasteiger partial charge is 0.491 e. The Balaban J connectivity index is 1.73. The van der Waals surface area contributed by atoms with Crippen molar-refractivity contribution in [3.63, 3.8) is 0 Å². The fourth-order valence-electron chi connectivity index (χ4n) is 5.39. The monoisotopic (exact) mass is 773 g/mol.